The first-order valence-corrected chi connectivity index (χ1v) is 8.06. The summed E-state index contributed by atoms with van der Waals surface area (Å²) in [5.74, 6) is 0.155. The molecule has 1 atom stereocenters. The molecule has 1 aromatic heterocycles. The van der Waals surface area contributed by atoms with Gasteiger partial charge in [-0.15, -0.1) is 11.3 Å². The number of anilines is 1. The Bertz CT molecular complexity index is 374. The first kappa shape index (κ1) is 14.5. The van der Waals surface area contributed by atoms with Gasteiger partial charge in [-0.3, -0.25) is 4.79 Å². The molecule has 1 aliphatic rings. The van der Waals surface area contributed by atoms with Gasteiger partial charge in [-0.2, -0.15) is 0 Å². The summed E-state index contributed by atoms with van der Waals surface area (Å²) in [4.78, 5) is 18.5. The third-order valence-corrected chi connectivity index (χ3v) is 4.36. The lowest BCUT2D eigenvalue weighted by atomic mass is 10.0. The minimum absolute atomic E-state index is 0.0636. The molecule has 0 aliphatic carbocycles. The first-order valence-electron chi connectivity index (χ1n) is 7.18. The lowest BCUT2D eigenvalue weighted by Gasteiger charge is -2.26. The van der Waals surface area contributed by atoms with Gasteiger partial charge in [0.25, 0.3) is 0 Å². The van der Waals surface area contributed by atoms with E-state index in [2.05, 4.69) is 15.2 Å². The van der Waals surface area contributed by atoms with E-state index < -0.39 is 0 Å². The van der Waals surface area contributed by atoms with E-state index in [1.54, 1.807) is 6.20 Å². The maximum atomic E-state index is 11.9. The lowest BCUT2D eigenvalue weighted by molar-refractivity contribution is -0.119. The number of hydrogen-bond acceptors (Lipinski definition) is 4. The van der Waals surface area contributed by atoms with E-state index in [1.165, 1.54) is 43.7 Å². The SMILES string of the molecule is CC(CCCN1CCCCC1)C(=O)Nc1nccs1. The van der Waals surface area contributed by atoms with Crippen LogP contribution in [0.5, 0.6) is 0 Å². The number of carbonyl (C=O) groups excluding carboxylic acids is 1. The van der Waals surface area contributed by atoms with Crippen LogP contribution in [0.4, 0.5) is 5.13 Å². The van der Waals surface area contributed by atoms with Crippen LogP contribution in [0.3, 0.4) is 0 Å². The summed E-state index contributed by atoms with van der Waals surface area (Å²) in [6, 6.07) is 0. The van der Waals surface area contributed by atoms with Crippen molar-refractivity contribution in [3.05, 3.63) is 11.6 Å². The average Bonchev–Trinajstić information content (AvgIpc) is 2.92. The summed E-state index contributed by atoms with van der Waals surface area (Å²) in [7, 11) is 0. The molecule has 5 heteroatoms. The second-order valence-corrected chi connectivity index (χ2v) is 6.17. The predicted octanol–water partition coefficient (Wildman–Crippen LogP) is 2.98. The lowest BCUT2D eigenvalue weighted by Crippen LogP contribution is -2.31. The quantitative estimate of drug-likeness (QED) is 0.872. The predicted molar refractivity (Wildman–Crippen MR) is 79.4 cm³/mol. The summed E-state index contributed by atoms with van der Waals surface area (Å²) in [6.07, 6.45) is 7.81. The van der Waals surface area contributed by atoms with Crippen molar-refractivity contribution in [2.45, 2.75) is 39.0 Å². The molecule has 0 aromatic carbocycles. The normalized spacial score (nSPS) is 18.2. The molecule has 106 valence electrons. The van der Waals surface area contributed by atoms with Gasteiger partial charge in [0.1, 0.15) is 0 Å². The summed E-state index contributed by atoms with van der Waals surface area (Å²) in [5, 5.41) is 5.44. The topological polar surface area (TPSA) is 45.2 Å². The number of thiazole rings is 1. The van der Waals surface area contributed by atoms with E-state index in [-0.39, 0.29) is 11.8 Å². The molecule has 19 heavy (non-hydrogen) atoms. The Morgan fingerprint density at radius 2 is 2.26 bits per heavy atom. The maximum absolute atomic E-state index is 11.9. The van der Waals surface area contributed by atoms with E-state index in [9.17, 15) is 4.79 Å². The number of carbonyl (C=O) groups is 1. The molecule has 2 rings (SSSR count). The van der Waals surface area contributed by atoms with E-state index >= 15 is 0 Å². The maximum Gasteiger partial charge on any atom is 0.228 e. The Labute approximate surface area is 119 Å². The molecule has 0 bridgehead atoms. The molecule has 1 fully saturated rings. The van der Waals surface area contributed by atoms with E-state index in [1.807, 2.05) is 12.3 Å². The van der Waals surface area contributed by atoms with Crippen LogP contribution in [-0.2, 0) is 4.79 Å². The van der Waals surface area contributed by atoms with Crippen molar-refractivity contribution in [1.82, 2.24) is 9.88 Å². The summed E-state index contributed by atoms with van der Waals surface area (Å²) >= 11 is 1.46. The molecule has 1 unspecified atom stereocenters. The molecule has 1 amide bonds. The van der Waals surface area contributed by atoms with Gasteiger partial charge in [0, 0.05) is 17.5 Å². The zero-order valence-corrected chi connectivity index (χ0v) is 12.4. The molecule has 0 radical (unpaired) electrons. The number of hydrogen-bond donors (Lipinski definition) is 1. The fourth-order valence-corrected chi connectivity index (χ4v) is 2.98. The summed E-state index contributed by atoms with van der Waals surface area (Å²) < 4.78 is 0. The molecule has 1 aromatic rings. The van der Waals surface area contributed by atoms with Crippen LogP contribution in [0.25, 0.3) is 0 Å². The van der Waals surface area contributed by atoms with Crippen molar-refractivity contribution in [3.63, 3.8) is 0 Å². The van der Waals surface area contributed by atoms with Gasteiger partial charge >= 0.3 is 0 Å². The van der Waals surface area contributed by atoms with E-state index in [0.717, 1.165) is 19.4 Å². The van der Waals surface area contributed by atoms with Crippen molar-refractivity contribution >= 4 is 22.4 Å². The van der Waals surface area contributed by atoms with Crippen molar-refractivity contribution in [3.8, 4) is 0 Å². The van der Waals surface area contributed by atoms with E-state index in [4.69, 9.17) is 0 Å². The molecule has 1 aliphatic heterocycles. The number of rotatable bonds is 6. The smallest absolute Gasteiger partial charge is 0.228 e. The Hall–Kier alpha value is -0.940. The van der Waals surface area contributed by atoms with E-state index in [0.29, 0.717) is 5.13 Å². The standard InChI is InChI=1S/C14H23N3OS/c1-12(13(18)16-14-15-7-11-19-14)6-5-10-17-8-3-2-4-9-17/h7,11-12H,2-6,8-10H2,1H3,(H,15,16,18). The molecule has 1 N–H and O–H groups in total. The number of aromatic nitrogens is 1. The number of nitrogens with zero attached hydrogens (tertiary/aromatic N) is 2. The van der Waals surface area contributed by atoms with Gasteiger partial charge in [-0.1, -0.05) is 13.3 Å². The van der Waals surface area contributed by atoms with Crippen LogP contribution in [0.1, 0.15) is 39.0 Å². The van der Waals surface area contributed by atoms with Gasteiger partial charge in [0.2, 0.25) is 5.91 Å². The van der Waals surface area contributed by atoms with Crippen LogP contribution in [0.15, 0.2) is 11.6 Å². The number of piperidine rings is 1. The second kappa shape index (κ2) is 7.60. The largest absolute Gasteiger partial charge is 0.303 e. The monoisotopic (exact) mass is 281 g/mol. The number of nitrogens with one attached hydrogen (secondary N) is 1. The average molecular weight is 281 g/mol. The third kappa shape index (κ3) is 4.91. The highest BCUT2D eigenvalue weighted by Gasteiger charge is 2.15. The van der Waals surface area contributed by atoms with Crippen LogP contribution < -0.4 is 5.32 Å². The van der Waals surface area contributed by atoms with Crippen LogP contribution in [-0.4, -0.2) is 35.4 Å². The molecular formula is C14H23N3OS. The fourth-order valence-electron chi connectivity index (χ4n) is 2.45. The molecular weight excluding hydrogens is 258 g/mol. The van der Waals surface area contributed by atoms with Crippen LogP contribution >= 0.6 is 11.3 Å². The van der Waals surface area contributed by atoms with Crippen molar-refractivity contribution < 1.29 is 4.79 Å². The number of likely N-dealkylation sites (tertiary alicyclic amines) is 1. The first-order chi connectivity index (χ1) is 9.25. The minimum Gasteiger partial charge on any atom is -0.303 e. The van der Waals surface area contributed by atoms with Gasteiger partial charge in [0.05, 0.1) is 0 Å². The molecule has 1 saturated heterocycles. The zero-order chi connectivity index (χ0) is 13.5. The number of amides is 1. The van der Waals surface area contributed by atoms with Gasteiger partial charge in [-0.05, 0) is 45.3 Å². The Balaban J connectivity index is 1.63. The Morgan fingerprint density at radius 3 is 2.95 bits per heavy atom. The molecule has 0 saturated carbocycles. The van der Waals surface area contributed by atoms with Crippen LogP contribution in [0, 0.1) is 5.92 Å². The van der Waals surface area contributed by atoms with Gasteiger partial charge < -0.3 is 10.2 Å². The van der Waals surface area contributed by atoms with Gasteiger partial charge in [0.15, 0.2) is 5.13 Å². The van der Waals surface area contributed by atoms with Crippen molar-refractivity contribution in [2.24, 2.45) is 5.92 Å². The highest BCUT2D eigenvalue weighted by atomic mass is 32.1. The highest BCUT2D eigenvalue weighted by molar-refractivity contribution is 7.13. The van der Waals surface area contributed by atoms with Crippen LogP contribution in [0.2, 0.25) is 0 Å². The van der Waals surface area contributed by atoms with Crippen molar-refractivity contribution in [1.29, 1.82) is 0 Å². The van der Waals surface area contributed by atoms with Gasteiger partial charge in [-0.25, -0.2) is 4.98 Å². The Morgan fingerprint density at radius 1 is 1.47 bits per heavy atom. The minimum atomic E-state index is 0.0636. The Kier molecular flexibility index (Phi) is 5.79. The summed E-state index contributed by atoms with van der Waals surface area (Å²) in [5.41, 5.74) is 0. The molecule has 4 nitrogen and oxygen atoms in total. The van der Waals surface area contributed by atoms with Crippen molar-refractivity contribution in [2.75, 3.05) is 25.0 Å². The third-order valence-electron chi connectivity index (χ3n) is 3.67. The second-order valence-electron chi connectivity index (χ2n) is 5.27. The zero-order valence-electron chi connectivity index (χ0n) is 11.6. The molecule has 2 heterocycles. The molecule has 0 spiro atoms. The summed E-state index contributed by atoms with van der Waals surface area (Å²) in [6.45, 7) is 5.60. The highest BCUT2D eigenvalue weighted by Crippen LogP contribution is 2.15. The fraction of sp³-hybridized carbons (Fsp3) is 0.714.